The van der Waals surface area contributed by atoms with Crippen LogP contribution in [-0.4, -0.2) is 48.7 Å². The number of hydrogen-bond acceptors (Lipinski definition) is 5. The maximum atomic E-state index is 12.8. The molecule has 0 unspecified atom stereocenters. The summed E-state index contributed by atoms with van der Waals surface area (Å²) in [6.07, 6.45) is -0.339. The average molecular weight is 484 g/mol. The third-order valence-corrected chi connectivity index (χ3v) is 6.51. The van der Waals surface area contributed by atoms with Crippen LogP contribution in [0.2, 0.25) is 0 Å². The number of carbonyl (C=O) groups is 2. The molecule has 0 aromatic heterocycles. The Bertz CT molecular complexity index is 1410. The fraction of sp³-hybridized carbons (Fsp3) is 0.345. The highest BCUT2D eigenvalue weighted by molar-refractivity contribution is 6.02. The summed E-state index contributed by atoms with van der Waals surface area (Å²) in [4.78, 5) is 28.4. The Labute approximate surface area is 210 Å². The molecule has 0 spiro atoms. The van der Waals surface area contributed by atoms with Crippen LogP contribution in [0.15, 0.2) is 48.5 Å². The number of likely N-dealkylation sites (tertiary alicyclic amines) is 1. The number of nitrogens with zero attached hydrogens (tertiary/aromatic N) is 3. The van der Waals surface area contributed by atoms with Crippen LogP contribution in [0.1, 0.15) is 31.9 Å². The lowest BCUT2D eigenvalue weighted by atomic mass is 9.92. The van der Waals surface area contributed by atoms with E-state index in [1.165, 1.54) is 0 Å². The summed E-state index contributed by atoms with van der Waals surface area (Å²) in [5.41, 5.74) is 3.38. The van der Waals surface area contributed by atoms with Gasteiger partial charge in [-0.05, 0) is 61.7 Å². The summed E-state index contributed by atoms with van der Waals surface area (Å²) in [6, 6.07) is 18.3. The Hall–Kier alpha value is -4.05. The van der Waals surface area contributed by atoms with E-state index in [0.717, 1.165) is 27.5 Å². The highest BCUT2D eigenvalue weighted by atomic mass is 16.6. The van der Waals surface area contributed by atoms with Crippen molar-refractivity contribution >= 4 is 28.5 Å². The number of ether oxygens (including phenoxy) is 2. The van der Waals surface area contributed by atoms with Crippen molar-refractivity contribution in [2.45, 2.75) is 33.3 Å². The van der Waals surface area contributed by atoms with Crippen LogP contribution < -0.4 is 9.64 Å². The number of benzene rings is 3. The van der Waals surface area contributed by atoms with Crippen LogP contribution in [0.25, 0.3) is 21.9 Å². The van der Waals surface area contributed by atoms with Crippen molar-refractivity contribution in [1.29, 1.82) is 5.26 Å². The maximum Gasteiger partial charge on any atom is 0.410 e. The quantitative estimate of drug-likeness (QED) is 0.506. The predicted molar refractivity (Wildman–Crippen MR) is 138 cm³/mol. The molecule has 0 atom stereocenters. The van der Waals surface area contributed by atoms with Crippen molar-refractivity contribution in [3.05, 3.63) is 59.7 Å². The zero-order valence-corrected chi connectivity index (χ0v) is 21.0. The first-order chi connectivity index (χ1) is 17.1. The number of anilines is 1. The second kappa shape index (κ2) is 8.87. The molecule has 7 heteroatoms. The van der Waals surface area contributed by atoms with E-state index in [9.17, 15) is 14.9 Å². The van der Waals surface area contributed by atoms with E-state index in [2.05, 4.69) is 30.3 Å². The normalized spacial score (nSPS) is 15.7. The van der Waals surface area contributed by atoms with Gasteiger partial charge in [-0.1, -0.05) is 36.4 Å². The first-order valence-electron chi connectivity index (χ1n) is 12.1. The van der Waals surface area contributed by atoms with E-state index in [0.29, 0.717) is 36.6 Å². The Balaban J connectivity index is 1.43. The Kier molecular flexibility index (Phi) is 5.83. The second-order valence-electron chi connectivity index (χ2n) is 10.6. The standard InChI is InChI=1S/C29H29N3O4/c1-18-9-20-7-5-6-8-22(20)24(10-18)23-12-26-25(11-21(23)13-30)32(27(33)17-35-26)16-19-14-31(15-19)28(34)36-29(2,3)4/h5-12,19H,14-17H2,1-4H3. The van der Waals surface area contributed by atoms with Crippen molar-refractivity contribution in [1.82, 2.24) is 4.90 Å². The zero-order valence-electron chi connectivity index (χ0n) is 21.0. The van der Waals surface area contributed by atoms with Gasteiger partial charge < -0.3 is 19.3 Å². The molecule has 0 N–H and O–H groups in total. The summed E-state index contributed by atoms with van der Waals surface area (Å²) >= 11 is 0. The lowest BCUT2D eigenvalue weighted by molar-refractivity contribution is -0.121. The summed E-state index contributed by atoms with van der Waals surface area (Å²) in [6.45, 7) is 8.99. The van der Waals surface area contributed by atoms with Crippen LogP contribution in [0.3, 0.4) is 0 Å². The monoisotopic (exact) mass is 483 g/mol. The first kappa shape index (κ1) is 23.7. The van der Waals surface area contributed by atoms with Gasteiger partial charge in [-0.15, -0.1) is 0 Å². The number of aryl methyl sites for hydroxylation is 1. The van der Waals surface area contributed by atoms with E-state index in [1.807, 2.05) is 45.9 Å². The van der Waals surface area contributed by atoms with E-state index in [4.69, 9.17) is 9.47 Å². The molecule has 5 rings (SSSR count). The average Bonchev–Trinajstić information content (AvgIpc) is 2.79. The van der Waals surface area contributed by atoms with Gasteiger partial charge in [0.2, 0.25) is 0 Å². The van der Waals surface area contributed by atoms with E-state index in [-0.39, 0.29) is 24.5 Å². The molecule has 3 aromatic carbocycles. The van der Waals surface area contributed by atoms with Gasteiger partial charge in [-0.25, -0.2) is 4.79 Å². The summed E-state index contributed by atoms with van der Waals surface area (Å²) < 4.78 is 11.3. The Morgan fingerprint density at radius 1 is 1.14 bits per heavy atom. The molecule has 0 radical (unpaired) electrons. The van der Waals surface area contributed by atoms with Gasteiger partial charge in [0.1, 0.15) is 11.4 Å². The molecule has 1 fully saturated rings. The molecule has 184 valence electrons. The third-order valence-electron chi connectivity index (χ3n) is 6.51. The number of amides is 2. The molecule has 2 aliphatic rings. The van der Waals surface area contributed by atoms with Crippen LogP contribution >= 0.6 is 0 Å². The van der Waals surface area contributed by atoms with Gasteiger partial charge in [-0.2, -0.15) is 5.26 Å². The minimum Gasteiger partial charge on any atom is -0.482 e. The van der Waals surface area contributed by atoms with E-state index in [1.54, 1.807) is 15.9 Å². The fourth-order valence-electron chi connectivity index (χ4n) is 4.86. The van der Waals surface area contributed by atoms with E-state index >= 15 is 0 Å². The molecule has 3 aromatic rings. The largest absolute Gasteiger partial charge is 0.482 e. The molecule has 0 aliphatic carbocycles. The molecular weight excluding hydrogens is 454 g/mol. The third kappa shape index (κ3) is 4.47. The molecule has 2 aliphatic heterocycles. The van der Waals surface area contributed by atoms with Crippen LogP contribution in [0.4, 0.5) is 10.5 Å². The van der Waals surface area contributed by atoms with Gasteiger partial charge in [-0.3, -0.25) is 4.79 Å². The molecular formula is C29H29N3O4. The minimum absolute atomic E-state index is 0.0601. The SMILES string of the molecule is Cc1cc(-c2cc3c(cc2C#N)N(CC2CN(C(=O)OC(C)(C)C)C2)C(=O)CO3)c2ccccc2c1. The van der Waals surface area contributed by atoms with Crippen molar-refractivity contribution in [3.63, 3.8) is 0 Å². The number of rotatable bonds is 3. The molecule has 0 bridgehead atoms. The zero-order chi connectivity index (χ0) is 25.6. The molecule has 36 heavy (non-hydrogen) atoms. The van der Waals surface area contributed by atoms with Gasteiger partial charge in [0.15, 0.2) is 6.61 Å². The molecule has 7 nitrogen and oxygen atoms in total. The predicted octanol–water partition coefficient (Wildman–Crippen LogP) is 5.28. The van der Waals surface area contributed by atoms with Crippen LogP contribution in [0, 0.1) is 24.2 Å². The van der Waals surface area contributed by atoms with Gasteiger partial charge in [0.25, 0.3) is 5.91 Å². The first-order valence-corrected chi connectivity index (χ1v) is 12.1. The highest BCUT2D eigenvalue weighted by Crippen LogP contribution is 2.41. The summed E-state index contributed by atoms with van der Waals surface area (Å²) in [5.74, 6) is 0.548. The van der Waals surface area contributed by atoms with Crippen LogP contribution in [-0.2, 0) is 9.53 Å². The Morgan fingerprint density at radius 2 is 1.89 bits per heavy atom. The van der Waals surface area contributed by atoms with E-state index < -0.39 is 5.60 Å². The smallest absolute Gasteiger partial charge is 0.410 e. The fourth-order valence-corrected chi connectivity index (χ4v) is 4.86. The molecule has 2 amide bonds. The number of nitriles is 1. The highest BCUT2D eigenvalue weighted by Gasteiger charge is 2.37. The minimum atomic E-state index is -0.546. The molecule has 0 saturated carbocycles. The Morgan fingerprint density at radius 3 is 2.61 bits per heavy atom. The van der Waals surface area contributed by atoms with Crippen LogP contribution in [0.5, 0.6) is 5.75 Å². The lowest BCUT2D eigenvalue weighted by Gasteiger charge is -2.42. The maximum absolute atomic E-state index is 12.8. The van der Waals surface area contributed by atoms with Gasteiger partial charge >= 0.3 is 6.09 Å². The van der Waals surface area contributed by atoms with Crippen molar-refractivity contribution in [3.8, 4) is 22.9 Å². The summed E-state index contributed by atoms with van der Waals surface area (Å²) in [7, 11) is 0. The number of fused-ring (bicyclic) bond motifs is 2. The van der Waals surface area contributed by atoms with Crippen molar-refractivity contribution in [2.75, 3.05) is 31.1 Å². The van der Waals surface area contributed by atoms with Crippen molar-refractivity contribution < 1.29 is 19.1 Å². The van der Waals surface area contributed by atoms with Gasteiger partial charge in [0, 0.05) is 31.1 Å². The topological polar surface area (TPSA) is 82.9 Å². The number of carbonyl (C=O) groups excluding carboxylic acids is 2. The molecule has 2 heterocycles. The number of hydrogen-bond donors (Lipinski definition) is 0. The lowest BCUT2D eigenvalue weighted by Crippen LogP contribution is -2.56. The second-order valence-corrected chi connectivity index (χ2v) is 10.6. The van der Waals surface area contributed by atoms with Crippen molar-refractivity contribution in [2.24, 2.45) is 5.92 Å². The summed E-state index contributed by atoms with van der Waals surface area (Å²) in [5, 5.41) is 12.2. The molecule has 1 saturated heterocycles. The van der Waals surface area contributed by atoms with Gasteiger partial charge in [0.05, 0.1) is 17.3 Å².